The Morgan fingerprint density at radius 1 is 1.50 bits per heavy atom. The molecule has 0 aromatic carbocycles. The molecular formula is C14H23N3S. The van der Waals surface area contributed by atoms with Crippen molar-refractivity contribution < 1.29 is 0 Å². The third-order valence-corrected chi connectivity index (χ3v) is 5.81. The lowest BCUT2D eigenvalue weighted by Crippen LogP contribution is -2.39. The quantitative estimate of drug-likeness (QED) is 0.877. The van der Waals surface area contributed by atoms with Crippen molar-refractivity contribution in [3.63, 3.8) is 0 Å². The van der Waals surface area contributed by atoms with Crippen LogP contribution in [0, 0.1) is 11.3 Å². The molecule has 1 aromatic rings. The fourth-order valence-electron chi connectivity index (χ4n) is 3.24. The third-order valence-electron chi connectivity index (χ3n) is 4.72. The first-order valence-electron chi connectivity index (χ1n) is 6.98. The van der Waals surface area contributed by atoms with Crippen molar-refractivity contribution in [3.05, 3.63) is 16.6 Å². The van der Waals surface area contributed by atoms with Gasteiger partial charge in [0, 0.05) is 11.6 Å². The summed E-state index contributed by atoms with van der Waals surface area (Å²) >= 11 is 1.75. The molecule has 2 fully saturated rings. The van der Waals surface area contributed by atoms with Crippen LogP contribution < -0.4 is 10.6 Å². The second-order valence-corrected chi connectivity index (χ2v) is 7.25. The molecule has 3 nitrogen and oxygen atoms in total. The average Bonchev–Trinajstić information content (AvgIpc) is 2.83. The molecule has 1 spiro atoms. The number of nitrogens with one attached hydrogen (secondary N) is 2. The van der Waals surface area contributed by atoms with Crippen LogP contribution in [0.15, 0.2) is 11.6 Å². The highest BCUT2D eigenvalue weighted by molar-refractivity contribution is 7.09. The van der Waals surface area contributed by atoms with E-state index in [1.54, 1.807) is 11.3 Å². The van der Waals surface area contributed by atoms with E-state index in [4.69, 9.17) is 0 Å². The lowest BCUT2D eigenvalue weighted by atomic mass is 9.91. The highest BCUT2D eigenvalue weighted by atomic mass is 32.1. The van der Waals surface area contributed by atoms with E-state index in [-0.39, 0.29) is 5.54 Å². The second kappa shape index (κ2) is 4.58. The Morgan fingerprint density at radius 2 is 2.28 bits per heavy atom. The molecule has 3 rings (SSSR count). The van der Waals surface area contributed by atoms with E-state index in [0.29, 0.717) is 5.41 Å². The summed E-state index contributed by atoms with van der Waals surface area (Å²) in [4.78, 5) is 4.44. The van der Waals surface area contributed by atoms with Crippen LogP contribution in [0.1, 0.15) is 38.1 Å². The van der Waals surface area contributed by atoms with Gasteiger partial charge in [-0.25, -0.2) is 4.98 Å². The fourth-order valence-corrected chi connectivity index (χ4v) is 3.98. The molecule has 1 unspecified atom stereocenters. The molecule has 1 saturated carbocycles. The Balaban J connectivity index is 1.53. The maximum absolute atomic E-state index is 4.44. The molecule has 2 heterocycles. The molecule has 0 bridgehead atoms. The molecule has 0 amide bonds. The SMILES string of the molecule is CC(C)(NCC1CC12CCNCC2)c1nccs1. The molecule has 2 N–H and O–H groups in total. The van der Waals surface area contributed by atoms with Gasteiger partial charge in [-0.2, -0.15) is 0 Å². The van der Waals surface area contributed by atoms with Crippen LogP contribution in [0.25, 0.3) is 0 Å². The summed E-state index contributed by atoms with van der Waals surface area (Å²) in [7, 11) is 0. The van der Waals surface area contributed by atoms with Crippen LogP contribution >= 0.6 is 11.3 Å². The summed E-state index contributed by atoms with van der Waals surface area (Å²) in [6.45, 7) is 8.05. The maximum atomic E-state index is 4.44. The van der Waals surface area contributed by atoms with Crippen LogP contribution in [-0.4, -0.2) is 24.6 Å². The number of piperidine rings is 1. The van der Waals surface area contributed by atoms with Crippen LogP contribution in [0.4, 0.5) is 0 Å². The van der Waals surface area contributed by atoms with Crippen molar-refractivity contribution in [2.45, 2.75) is 38.6 Å². The van der Waals surface area contributed by atoms with Gasteiger partial charge in [-0.3, -0.25) is 0 Å². The summed E-state index contributed by atoms with van der Waals surface area (Å²) in [6.07, 6.45) is 6.07. The molecule has 1 aliphatic heterocycles. The Labute approximate surface area is 113 Å². The second-order valence-electron chi connectivity index (χ2n) is 6.36. The van der Waals surface area contributed by atoms with E-state index >= 15 is 0 Å². The highest BCUT2D eigenvalue weighted by Crippen LogP contribution is 2.58. The van der Waals surface area contributed by atoms with Gasteiger partial charge in [-0.15, -0.1) is 11.3 Å². The van der Waals surface area contributed by atoms with E-state index in [1.807, 2.05) is 6.20 Å². The predicted octanol–water partition coefficient (Wildman–Crippen LogP) is 2.36. The molecule has 1 aliphatic carbocycles. The Hall–Kier alpha value is -0.450. The number of aromatic nitrogens is 1. The van der Waals surface area contributed by atoms with E-state index < -0.39 is 0 Å². The monoisotopic (exact) mass is 265 g/mol. The first-order chi connectivity index (χ1) is 8.62. The zero-order valence-corrected chi connectivity index (χ0v) is 12.1. The van der Waals surface area contributed by atoms with Gasteiger partial charge in [0.1, 0.15) is 5.01 Å². The molecule has 1 atom stereocenters. The zero-order chi connectivity index (χ0) is 12.6. The molecule has 4 heteroatoms. The van der Waals surface area contributed by atoms with Crippen LogP contribution in [0.2, 0.25) is 0 Å². The first-order valence-corrected chi connectivity index (χ1v) is 7.86. The van der Waals surface area contributed by atoms with Crippen LogP contribution in [-0.2, 0) is 5.54 Å². The molecule has 0 radical (unpaired) electrons. The van der Waals surface area contributed by atoms with Crippen molar-refractivity contribution in [1.29, 1.82) is 0 Å². The van der Waals surface area contributed by atoms with Crippen molar-refractivity contribution in [2.24, 2.45) is 11.3 Å². The van der Waals surface area contributed by atoms with Crippen molar-refractivity contribution in [2.75, 3.05) is 19.6 Å². The molecular weight excluding hydrogens is 242 g/mol. The zero-order valence-electron chi connectivity index (χ0n) is 11.3. The minimum Gasteiger partial charge on any atom is -0.317 e. The van der Waals surface area contributed by atoms with Gasteiger partial charge in [0.2, 0.25) is 0 Å². The van der Waals surface area contributed by atoms with Gasteiger partial charge in [0.15, 0.2) is 0 Å². The number of hydrogen-bond donors (Lipinski definition) is 2. The molecule has 18 heavy (non-hydrogen) atoms. The Bertz CT molecular complexity index is 393. The van der Waals surface area contributed by atoms with E-state index in [9.17, 15) is 0 Å². The lowest BCUT2D eigenvalue weighted by Gasteiger charge is -2.27. The standard InChI is InChI=1S/C14H23N3S/c1-13(2,12-16-7-8-18-12)17-10-11-9-14(11)3-5-15-6-4-14/h7-8,11,15,17H,3-6,9-10H2,1-2H3. The van der Waals surface area contributed by atoms with Gasteiger partial charge in [-0.05, 0) is 64.1 Å². The average molecular weight is 265 g/mol. The van der Waals surface area contributed by atoms with Crippen molar-refractivity contribution in [1.82, 2.24) is 15.6 Å². The van der Waals surface area contributed by atoms with Gasteiger partial charge in [0.05, 0.1) is 5.54 Å². The van der Waals surface area contributed by atoms with Crippen LogP contribution in [0.3, 0.4) is 0 Å². The number of hydrogen-bond acceptors (Lipinski definition) is 4. The molecule has 100 valence electrons. The van der Waals surface area contributed by atoms with Crippen molar-refractivity contribution in [3.8, 4) is 0 Å². The smallest absolute Gasteiger partial charge is 0.112 e. The lowest BCUT2D eigenvalue weighted by molar-refractivity contribution is 0.302. The maximum Gasteiger partial charge on any atom is 0.112 e. The number of rotatable bonds is 4. The Kier molecular flexibility index (Phi) is 3.20. The van der Waals surface area contributed by atoms with Gasteiger partial charge in [-0.1, -0.05) is 0 Å². The summed E-state index contributed by atoms with van der Waals surface area (Å²) in [5.41, 5.74) is 0.696. The summed E-state index contributed by atoms with van der Waals surface area (Å²) in [5, 5.41) is 10.4. The summed E-state index contributed by atoms with van der Waals surface area (Å²) < 4.78 is 0. The Morgan fingerprint density at radius 3 is 2.94 bits per heavy atom. The molecule has 1 aromatic heterocycles. The molecule has 2 aliphatic rings. The first kappa shape index (κ1) is 12.6. The van der Waals surface area contributed by atoms with Gasteiger partial charge in [0.25, 0.3) is 0 Å². The van der Waals surface area contributed by atoms with Gasteiger partial charge >= 0.3 is 0 Å². The highest BCUT2D eigenvalue weighted by Gasteiger charge is 2.53. The van der Waals surface area contributed by atoms with Crippen molar-refractivity contribution >= 4 is 11.3 Å². The molecule has 1 saturated heterocycles. The summed E-state index contributed by atoms with van der Waals surface area (Å²) in [5.74, 6) is 0.888. The fraction of sp³-hybridized carbons (Fsp3) is 0.786. The number of thiazole rings is 1. The van der Waals surface area contributed by atoms with E-state index in [2.05, 4.69) is 34.8 Å². The summed E-state index contributed by atoms with van der Waals surface area (Å²) in [6, 6.07) is 0. The number of nitrogens with zero attached hydrogens (tertiary/aromatic N) is 1. The van der Waals surface area contributed by atoms with Gasteiger partial charge < -0.3 is 10.6 Å². The third kappa shape index (κ3) is 2.33. The topological polar surface area (TPSA) is 37.0 Å². The van der Waals surface area contributed by atoms with Crippen LogP contribution in [0.5, 0.6) is 0 Å². The largest absolute Gasteiger partial charge is 0.317 e. The van der Waals surface area contributed by atoms with E-state index in [0.717, 1.165) is 12.5 Å². The van der Waals surface area contributed by atoms with E-state index in [1.165, 1.54) is 37.4 Å². The minimum absolute atomic E-state index is 0.0187. The predicted molar refractivity (Wildman–Crippen MR) is 75.8 cm³/mol. The minimum atomic E-state index is 0.0187. The normalized spacial score (nSPS) is 26.4.